The Morgan fingerprint density at radius 3 is 2.39 bits per heavy atom. The monoisotopic (exact) mass is 321 g/mol. The molecule has 0 atom stereocenters. The van der Waals surface area contributed by atoms with Crippen molar-refractivity contribution in [2.24, 2.45) is 0 Å². The Balaban J connectivity index is 1.65. The normalized spacial score (nSPS) is 10.8. The fourth-order valence-electron chi connectivity index (χ4n) is 2.19. The van der Waals surface area contributed by atoms with Crippen LogP contribution >= 0.6 is 11.3 Å². The third-order valence-corrected chi connectivity index (χ3v) is 4.09. The molecule has 0 unspecified atom stereocenters. The molecule has 4 aromatic rings. The van der Waals surface area contributed by atoms with Crippen LogP contribution in [0.5, 0.6) is 0 Å². The molecule has 0 bridgehead atoms. The smallest absolute Gasteiger partial charge is 0.257 e. The SMILES string of the molecule is O=C(Nc1nn2c(-c3ccccc3)nnc2s1)c1ccccc1. The van der Waals surface area contributed by atoms with Gasteiger partial charge in [0.1, 0.15) is 0 Å². The van der Waals surface area contributed by atoms with Crippen LogP contribution in [0.15, 0.2) is 60.7 Å². The number of carbonyl (C=O) groups is 1. The third kappa shape index (κ3) is 2.58. The maximum Gasteiger partial charge on any atom is 0.257 e. The van der Waals surface area contributed by atoms with Gasteiger partial charge in [-0.1, -0.05) is 59.9 Å². The average molecular weight is 321 g/mol. The van der Waals surface area contributed by atoms with Crippen molar-refractivity contribution in [1.29, 1.82) is 0 Å². The molecule has 6 nitrogen and oxygen atoms in total. The Bertz CT molecular complexity index is 962. The number of fused-ring (bicyclic) bond motifs is 1. The fraction of sp³-hybridized carbons (Fsp3) is 0. The highest BCUT2D eigenvalue weighted by molar-refractivity contribution is 7.20. The first-order valence-electron chi connectivity index (χ1n) is 6.95. The second kappa shape index (κ2) is 5.62. The second-order valence-electron chi connectivity index (χ2n) is 4.81. The number of benzene rings is 2. The summed E-state index contributed by atoms with van der Waals surface area (Å²) in [5.74, 6) is 0.453. The predicted molar refractivity (Wildman–Crippen MR) is 88.5 cm³/mol. The van der Waals surface area contributed by atoms with E-state index >= 15 is 0 Å². The highest BCUT2D eigenvalue weighted by atomic mass is 32.1. The zero-order chi connectivity index (χ0) is 15.6. The van der Waals surface area contributed by atoms with Crippen LogP contribution in [0.25, 0.3) is 16.3 Å². The molecule has 7 heteroatoms. The van der Waals surface area contributed by atoms with Gasteiger partial charge in [0.15, 0.2) is 5.82 Å². The highest BCUT2D eigenvalue weighted by Gasteiger charge is 2.15. The van der Waals surface area contributed by atoms with E-state index < -0.39 is 0 Å². The molecule has 1 amide bonds. The van der Waals surface area contributed by atoms with Gasteiger partial charge in [-0.05, 0) is 12.1 Å². The number of amides is 1. The lowest BCUT2D eigenvalue weighted by molar-refractivity contribution is 0.102. The van der Waals surface area contributed by atoms with E-state index in [0.29, 0.717) is 21.5 Å². The van der Waals surface area contributed by atoms with Crippen molar-refractivity contribution < 1.29 is 4.79 Å². The minimum Gasteiger partial charge on any atom is -0.296 e. The van der Waals surface area contributed by atoms with Crippen LogP contribution in [0.1, 0.15) is 10.4 Å². The largest absolute Gasteiger partial charge is 0.296 e. The van der Waals surface area contributed by atoms with Crippen molar-refractivity contribution in [3.63, 3.8) is 0 Å². The van der Waals surface area contributed by atoms with Gasteiger partial charge in [0.2, 0.25) is 10.1 Å². The number of carbonyl (C=O) groups excluding carboxylic acids is 1. The van der Waals surface area contributed by atoms with Crippen LogP contribution in [0, 0.1) is 0 Å². The minimum atomic E-state index is -0.197. The number of hydrogen-bond acceptors (Lipinski definition) is 5. The molecule has 0 radical (unpaired) electrons. The minimum absolute atomic E-state index is 0.197. The molecule has 0 fully saturated rings. The van der Waals surface area contributed by atoms with Crippen LogP contribution in [-0.4, -0.2) is 25.7 Å². The van der Waals surface area contributed by atoms with Crippen LogP contribution in [0.3, 0.4) is 0 Å². The molecule has 2 heterocycles. The van der Waals surface area contributed by atoms with Crippen molar-refractivity contribution in [2.75, 3.05) is 5.32 Å². The van der Waals surface area contributed by atoms with E-state index in [-0.39, 0.29) is 5.91 Å². The summed E-state index contributed by atoms with van der Waals surface area (Å²) in [6.45, 7) is 0. The van der Waals surface area contributed by atoms with Crippen LogP contribution in [0.2, 0.25) is 0 Å². The Kier molecular flexibility index (Phi) is 3.32. The van der Waals surface area contributed by atoms with Gasteiger partial charge in [0, 0.05) is 11.1 Å². The van der Waals surface area contributed by atoms with Crippen molar-refractivity contribution in [2.45, 2.75) is 0 Å². The van der Waals surface area contributed by atoms with Gasteiger partial charge in [0.25, 0.3) is 5.91 Å². The summed E-state index contributed by atoms with van der Waals surface area (Å²) in [5.41, 5.74) is 1.51. The van der Waals surface area contributed by atoms with E-state index in [1.165, 1.54) is 11.3 Å². The van der Waals surface area contributed by atoms with Crippen molar-refractivity contribution in [3.8, 4) is 11.4 Å². The maximum absolute atomic E-state index is 12.2. The van der Waals surface area contributed by atoms with E-state index in [9.17, 15) is 4.79 Å². The predicted octanol–water partition coefficient (Wildman–Crippen LogP) is 3.11. The molecule has 23 heavy (non-hydrogen) atoms. The van der Waals surface area contributed by atoms with E-state index in [1.807, 2.05) is 48.5 Å². The summed E-state index contributed by atoms with van der Waals surface area (Å²) in [6.07, 6.45) is 0. The van der Waals surface area contributed by atoms with Gasteiger partial charge in [-0.15, -0.1) is 15.3 Å². The van der Waals surface area contributed by atoms with Crippen molar-refractivity contribution in [1.82, 2.24) is 19.8 Å². The zero-order valence-electron chi connectivity index (χ0n) is 11.9. The number of nitrogens with zero attached hydrogens (tertiary/aromatic N) is 4. The first-order valence-corrected chi connectivity index (χ1v) is 7.77. The molecule has 0 saturated heterocycles. The van der Waals surface area contributed by atoms with Gasteiger partial charge < -0.3 is 0 Å². The molecular formula is C16H11N5OS. The average Bonchev–Trinajstić information content (AvgIpc) is 3.16. The fourth-order valence-corrected chi connectivity index (χ4v) is 2.93. The molecule has 0 aliphatic heterocycles. The molecule has 0 saturated carbocycles. The van der Waals surface area contributed by atoms with Gasteiger partial charge in [0.05, 0.1) is 0 Å². The van der Waals surface area contributed by atoms with Gasteiger partial charge in [-0.3, -0.25) is 10.1 Å². The summed E-state index contributed by atoms with van der Waals surface area (Å²) in [7, 11) is 0. The van der Waals surface area contributed by atoms with Crippen LogP contribution < -0.4 is 5.32 Å². The standard InChI is InChI=1S/C16H11N5OS/c22-14(12-9-5-2-6-10-12)17-15-20-21-13(18-19-16(21)23-15)11-7-3-1-4-8-11/h1-10H,(H,17,20,22). The Morgan fingerprint density at radius 1 is 0.957 bits per heavy atom. The Hall–Kier alpha value is -3.06. The molecule has 2 aromatic carbocycles. The number of nitrogens with one attached hydrogen (secondary N) is 1. The molecule has 0 spiro atoms. The summed E-state index contributed by atoms with van der Waals surface area (Å²) in [4.78, 5) is 12.8. The molecule has 2 aromatic heterocycles. The topological polar surface area (TPSA) is 72.2 Å². The number of aromatic nitrogens is 4. The Morgan fingerprint density at radius 2 is 1.65 bits per heavy atom. The van der Waals surface area contributed by atoms with E-state index in [2.05, 4.69) is 20.6 Å². The lowest BCUT2D eigenvalue weighted by atomic mass is 10.2. The van der Waals surface area contributed by atoms with E-state index in [4.69, 9.17) is 0 Å². The Labute approximate surface area is 135 Å². The number of anilines is 1. The molecule has 0 aliphatic carbocycles. The molecule has 1 N–H and O–H groups in total. The van der Waals surface area contributed by atoms with Gasteiger partial charge >= 0.3 is 0 Å². The highest BCUT2D eigenvalue weighted by Crippen LogP contribution is 2.24. The second-order valence-corrected chi connectivity index (χ2v) is 5.77. The molecular weight excluding hydrogens is 310 g/mol. The van der Waals surface area contributed by atoms with E-state index in [0.717, 1.165) is 5.56 Å². The summed E-state index contributed by atoms with van der Waals surface area (Å²) in [5, 5.41) is 15.9. The molecule has 0 aliphatic rings. The summed E-state index contributed by atoms with van der Waals surface area (Å²) < 4.78 is 1.64. The number of rotatable bonds is 3. The quantitative estimate of drug-likeness (QED) is 0.629. The van der Waals surface area contributed by atoms with Crippen LogP contribution in [0.4, 0.5) is 5.13 Å². The third-order valence-electron chi connectivity index (χ3n) is 3.28. The van der Waals surface area contributed by atoms with Crippen LogP contribution in [-0.2, 0) is 0 Å². The van der Waals surface area contributed by atoms with Crippen molar-refractivity contribution in [3.05, 3.63) is 66.2 Å². The van der Waals surface area contributed by atoms with Gasteiger partial charge in [-0.2, -0.15) is 4.52 Å². The number of hydrogen-bond donors (Lipinski definition) is 1. The summed E-state index contributed by atoms with van der Waals surface area (Å²) in [6, 6.07) is 18.7. The summed E-state index contributed by atoms with van der Waals surface area (Å²) >= 11 is 1.28. The lowest BCUT2D eigenvalue weighted by Gasteiger charge is -2.00. The first-order chi connectivity index (χ1) is 11.3. The molecule has 4 rings (SSSR count). The molecule has 112 valence electrons. The zero-order valence-corrected chi connectivity index (χ0v) is 12.7. The van der Waals surface area contributed by atoms with E-state index in [1.54, 1.807) is 16.6 Å². The first kappa shape index (κ1) is 13.6. The maximum atomic E-state index is 12.2. The van der Waals surface area contributed by atoms with Gasteiger partial charge in [-0.25, -0.2) is 0 Å². The van der Waals surface area contributed by atoms with Crippen molar-refractivity contribution >= 4 is 27.3 Å². The lowest BCUT2D eigenvalue weighted by Crippen LogP contribution is -2.11.